The summed E-state index contributed by atoms with van der Waals surface area (Å²) in [5.74, 6) is 0.695. The highest BCUT2D eigenvalue weighted by Crippen LogP contribution is 2.25. The summed E-state index contributed by atoms with van der Waals surface area (Å²) in [7, 11) is 0. The monoisotopic (exact) mass is 348 g/mol. The number of nitrogens with zero attached hydrogens (tertiary/aromatic N) is 2. The zero-order valence-corrected chi connectivity index (χ0v) is 15.0. The summed E-state index contributed by atoms with van der Waals surface area (Å²) >= 11 is 0. The predicted molar refractivity (Wildman–Crippen MR) is 93.2 cm³/mol. The number of hydrogen-bond acceptors (Lipinski definition) is 4. The largest absolute Gasteiger partial charge is 0.472 e. The molecule has 1 aromatic rings. The van der Waals surface area contributed by atoms with Crippen LogP contribution in [0.2, 0.25) is 0 Å². The van der Waals surface area contributed by atoms with Crippen LogP contribution in [0.4, 0.5) is 0 Å². The fourth-order valence-corrected chi connectivity index (χ4v) is 3.75. The fourth-order valence-electron chi connectivity index (χ4n) is 3.75. The number of furan rings is 1. The summed E-state index contributed by atoms with van der Waals surface area (Å²) in [6.45, 7) is 4.86. The van der Waals surface area contributed by atoms with Gasteiger partial charge in [-0.25, -0.2) is 0 Å². The van der Waals surface area contributed by atoms with E-state index in [-0.39, 0.29) is 24.5 Å². The van der Waals surface area contributed by atoms with E-state index in [1.807, 2.05) is 4.90 Å². The van der Waals surface area contributed by atoms with E-state index in [2.05, 4.69) is 6.92 Å². The first-order valence-corrected chi connectivity index (χ1v) is 9.34. The second-order valence-corrected chi connectivity index (χ2v) is 7.24. The van der Waals surface area contributed by atoms with Gasteiger partial charge in [0.15, 0.2) is 0 Å². The third-order valence-electron chi connectivity index (χ3n) is 5.23. The van der Waals surface area contributed by atoms with E-state index in [4.69, 9.17) is 9.15 Å². The fraction of sp³-hybridized carbons (Fsp3) is 0.684. The summed E-state index contributed by atoms with van der Waals surface area (Å²) in [5.41, 5.74) is 0.564. The highest BCUT2D eigenvalue weighted by Gasteiger charge is 2.25. The van der Waals surface area contributed by atoms with Crippen molar-refractivity contribution in [3.63, 3.8) is 0 Å². The third kappa shape index (κ3) is 4.84. The molecule has 1 aliphatic carbocycles. The minimum Gasteiger partial charge on any atom is -0.472 e. The van der Waals surface area contributed by atoms with Crippen molar-refractivity contribution < 1.29 is 18.7 Å². The summed E-state index contributed by atoms with van der Waals surface area (Å²) in [6.07, 6.45) is 8.55. The van der Waals surface area contributed by atoms with Gasteiger partial charge >= 0.3 is 0 Å². The maximum Gasteiger partial charge on any atom is 0.257 e. The number of ether oxygens (including phenoxy) is 1. The van der Waals surface area contributed by atoms with Crippen LogP contribution in [0.5, 0.6) is 0 Å². The van der Waals surface area contributed by atoms with Crippen molar-refractivity contribution in [2.45, 2.75) is 45.1 Å². The first-order valence-electron chi connectivity index (χ1n) is 9.34. The molecule has 3 rings (SSSR count). The van der Waals surface area contributed by atoms with Crippen LogP contribution in [0.15, 0.2) is 23.0 Å². The highest BCUT2D eigenvalue weighted by atomic mass is 16.5. The van der Waals surface area contributed by atoms with Gasteiger partial charge in [0.25, 0.3) is 5.91 Å². The van der Waals surface area contributed by atoms with Crippen molar-refractivity contribution in [1.82, 2.24) is 9.80 Å². The van der Waals surface area contributed by atoms with Crippen LogP contribution in [0.3, 0.4) is 0 Å². The average molecular weight is 348 g/mol. The van der Waals surface area contributed by atoms with Crippen LogP contribution in [-0.2, 0) is 9.53 Å². The Morgan fingerprint density at radius 3 is 2.72 bits per heavy atom. The van der Waals surface area contributed by atoms with E-state index in [1.165, 1.54) is 25.4 Å². The summed E-state index contributed by atoms with van der Waals surface area (Å²) in [5, 5.41) is 0. The van der Waals surface area contributed by atoms with E-state index in [9.17, 15) is 9.59 Å². The number of hydrogen-bond donors (Lipinski definition) is 0. The third-order valence-corrected chi connectivity index (χ3v) is 5.23. The molecule has 2 unspecified atom stereocenters. The lowest BCUT2D eigenvalue weighted by molar-refractivity contribution is -0.139. The zero-order valence-electron chi connectivity index (χ0n) is 15.0. The average Bonchev–Trinajstić information content (AvgIpc) is 3.03. The second kappa shape index (κ2) is 8.52. The first kappa shape index (κ1) is 18.0. The summed E-state index contributed by atoms with van der Waals surface area (Å²) in [6, 6.07) is 1.68. The molecule has 1 aromatic heterocycles. The molecule has 0 aromatic carbocycles. The standard InChI is InChI=1S/C19H28N2O4/c1-15-4-2-5-17(12-15)25-14-18(22)20-7-3-8-21(10-9-20)19(23)16-6-11-24-13-16/h6,11,13,15,17H,2-5,7-10,12,14H2,1H3. The molecule has 0 bridgehead atoms. The Kier molecular flexibility index (Phi) is 6.13. The Labute approximate surface area is 149 Å². The Balaban J connectivity index is 1.45. The Hall–Kier alpha value is -1.82. The quantitative estimate of drug-likeness (QED) is 0.839. The molecule has 2 atom stereocenters. The molecule has 1 saturated carbocycles. The van der Waals surface area contributed by atoms with Crippen LogP contribution in [0, 0.1) is 5.92 Å². The van der Waals surface area contributed by atoms with Crippen LogP contribution >= 0.6 is 0 Å². The van der Waals surface area contributed by atoms with Crippen LogP contribution < -0.4 is 0 Å². The van der Waals surface area contributed by atoms with Gasteiger partial charge < -0.3 is 19.0 Å². The molecule has 0 radical (unpaired) electrons. The summed E-state index contributed by atoms with van der Waals surface area (Å²) in [4.78, 5) is 28.5. The van der Waals surface area contributed by atoms with Gasteiger partial charge in [-0.1, -0.05) is 19.8 Å². The molecule has 1 saturated heterocycles. The minimum absolute atomic E-state index is 0.0320. The van der Waals surface area contributed by atoms with E-state index in [0.29, 0.717) is 37.7 Å². The molecule has 6 nitrogen and oxygen atoms in total. The van der Waals surface area contributed by atoms with E-state index >= 15 is 0 Å². The molecule has 0 N–H and O–H groups in total. The molecular formula is C19H28N2O4. The number of carbonyl (C=O) groups excluding carboxylic acids is 2. The van der Waals surface area contributed by atoms with Crippen LogP contribution in [-0.4, -0.2) is 60.5 Å². The van der Waals surface area contributed by atoms with E-state index < -0.39 is 0 Å². The van der Waals surface area contributed by atoms with Gasteiger partial charge in [0, 0.05) is 26.2 Å². The van der Waals surface area contributed by atoms with Crippen molar-refractivity contribution in [1.29, 1.82) is 0 Å². The van der Waals surface area contributed by atoms with Gasteiger partial charge in [0.05, 0.1) is 17.9 Å². The zero-order chi connectivity index (χ0) is 17.6. The maximum absolute atomic E-state index is 12.5. The van der Waals surface area contributed by atoms with Crippen LogP contribution in [0.25, 0.3) is 0 Å². The van der Waals surface area contributed by atoms with Crippen molar-refractivity contribution in [2.24, 2.45) is 5.92 Å². The lowest BCUT2D eigenvalue weighted by atomic mass is 9.89. The normalized spacial score (nSPS) is 24.8. The molecule has 0 spiro atoms. The number of rotatable bonds is 4. The van der Waals surface area contributed by atoms with E-state index in [0.717, 1.165) is 19.3 Å². The molecule has 2 aliphatic rings. The Morgan fingerprint density at radius 1 is 1.16 bits per heavy atom. The topological polar surface area (TPSA) is 63.0 Å². The number of carbonyl (C=O) groups is 2. The highest BCUT2D eigenvalue weighted by molar-refractivity contribution is 5.93. The Morgan fingerprint density at radius 2 is 1.96 bits per heavy atom. The van der Waals surface area contributed by atoms with Gasteiger partial charge in [0.1, 0.15) is 12.9 Å². The van der Waals surface area contributed by atoms with Gasteiger partial charge in [-0.2, -0.15) is 0 Å². The predicted octanol–water partition coefficient (Wildman–Crippen LogP) is 2.55. The van der Waals surface area contributed by atoms with Crippen molar-refractivity contribution in [3.8, 4) is 0 Å². The molecule has 25 heavy (non-hydrogen) atoms. The SMILES string of the molecule is CC1CCCC(OCC(=O)N2CCCN(C(=O)c3ccoc3)CC2)C1. The van der Waals surface area contributed by atoms with E-state index in [1.54, 1.807) is 11.0 Å². The first-order chi connectivity index (χ1) is 12.1. The van der Waals surface area contributed by atoms with Crippen molar-refractivity contribution >= 4 is 11.8 Å². The van der Waals surface area contributed by atoms with Crippen molar-refractivity contribution in [3.05, 3.63) is 24.2 Å². The van der Waals surface area contributed by atoms with Gasteiger partial charge in [-0.3, -0.25) is 9.59 Å². The van der Waals surface area contributed by atoms with Crippen molar-refractivity contribution in [2.75, 3.05) is 32.8 Å². The second-order valence-electron chi connectivity index (χ2n) is 7.24. The molecule has 1 aliphatic heterocycles. The molecule has 138 valence electrons. The maximum atomic E-state index is 12.5. The Bertz CT molecular complexity index is 572. The molecule has 2 fully saturated rings. The van der Waals surface area contributed by atoms with Gasteiger partial charge in [-0.15, -0.1) is 0 Å². The lowest BCUT2D eigenvalue weighted by Crippen LogP contribution is -2.39. The minimum atomic E-state index is -0.0320. The van der Waals surface area contributed by atoms with Gasteiger partial charge in [-0.05, 0) is 31.2 Å². The smallest absolute Gasteiger partial charge is 0.257 e. The molecular weight excluding hydrogens is 320 g/mol. The molecule has 6 heteroatoms. The van der Waals surface area contributed by atoms with Crippen LogP contribution in [0.1, 0.15) is 49.4 Å². The number of amides is 2. The molecule has 2 amide bonds. The lowest BCUT2D eigenvalue weighted by Gasteiger charge is -2.28. The van der Waals surface area contributed by atoms with Gasteiger partial charge in [0.2, 0.25) is 5.91 Å². The molecule has 2 heterocycles. The summed E-state index contributed by atoms with van der Waals surface area (Å²) < 4.78 is 10.8.